The molecule has 20 heavy (non-hydrogen) atoms. The third kappa shape index (κ3) is 3.64. The molecule has 0 aliphatic carbocycles. The largest absolute Gasteiger partial charge is 0.294 e. The van der Waals surface area contributed by atoms with Crippen LogP contribution in [0.25, 0.3) is 0 Å². The van der Waals surface area contributed by atoms with Gasteiger partial charge in [0, 0.05) is 12.0 Å². The van der Waals surface area contributed by atoms with Gasteiger partial charge in [0.2, 0.25) is 0 Å². The second kappa shape index (κ2) is 6.80. The van der Waals surface area contributed by atoms with Gasteiger partial charge in [0.15, 0.2) is 5.78 Å². The van der Waals surface area contributed by atoms with Crippen LogP contribution in [0.1, 0.15) is 34.7 Å². The Hall–Kier alpha value is -2.22. The minimum absolute atomic E-state index is 0.0424. The third-order valence-corrected chi connectivity index (χ3v) is 3.32. The molecule has 2 rings (SSSR count). The summed E-state index contributed by atoms with van der Waals surface area (Å²) >= 11 is 0. The van der Waals surface area contributed by atoms with Crippen molar-refractivity contribution in [3.05, 3.63) is 84.2 Å². The second-order valence-corrected chi connectivity index (χ2v) is 4.77. The molecule has 0 bridgehead atoms. The minimum Gasteiger partial charge on any atom is -0.294 e. The number of carbonyl (C=O) groups is 1. The highest BCUT2D eigenvalue weighted by Gasteiger charge is 2.16. The first-order valence-corrected chi connectivity index (χ1v) is 6.65. The van der Waals surface area contributed by atoms with Gasteiger partial charge in [-0.15, -0.1) is 6.58 Å². The molecule has 1 nitrogen and oxygen atoms in total. The highest BCUT2D eigenvalue weighted by molar-refractivity contribution is 5.96. The Kier molecular flexibility index (Phi) is 4.83. The quantitative estimate of drug-likeness (QED) is 0.545. The molecule has 2 aromatic rings. The summed E-state index contributed by atoms with van der Waals surface area (Å²) in [5.41, 5.74) is 1.68. The number of ketones is 1. The summed E-state index contributed by atoms with van der Waals surface area (Å²) in [5.74, 6) is -0.122. The molecule has 0 aliphatic rings. The van der Waals surface area contributed by atoms with E-state index in [9.17, 15) is 9.18 Å². The highest BCUT2D eigenvalue weighted by atomic mass is 19.1. The number of rotatable bonds is 6. The third-order valence-electron chi connectivity index (χ3n) is 3.32. The lowest BCUT2D eigenvalue weighted by atomic mass is 9.89. The van der Waals surface area contributed by atoms with Gasteiger partial charge >= 0.3 is 0 Å². The Morgan fingerprint density at radius 3 is 2.35 bits per heavy atom. The van der Waals surface area contributed by atoms with E-state index in [-0.39, 0.29) is 17.5 Å². The molecule has 0 aromatic heterocycles. The molecule has 0 saturated heterocycles. The Morgan fingerprint density at radius 1 is 1.10 bits per heavy atom. The second-order valence-electron chi connectivity index (χ2n) is 4.77. The number of hydrogen-bond donors (Lipinski definition) is 0. The van der Waals surface area contributed by atoms with Gasteiger partial charge in [0.05, 0.1) is 0 Å². The van der Waals surface area contributed by atoms with Crippen LogP contribution in [0, 0.1) is 5.82 Å². The maximum absolute atomic E-state index is 13.0. The van der Waals surface area contributed by atoms with Crippen LogP contribution in [0.15, 0.2) is 67.3 Å². The Labute approximate surface area is 118 Å². The van der Waals surface area contributed by atoms with Gasteiger partial charge in [-0.25, -0.2) is 4.39 Å². The van der Waals surface area contributed by atoms with Crippen LogP contribution in [0.2, 0.25) is 0 Å². The summed E-state index contributed by atoms with van der Waals surface area (Å²) in [5, 5.41) is 0. The van der Waals surface area contributed by atoms with Gasteiger partial charge in [0.1, 0.15) is 5.82 Å². The van der Waals surface area contributed by atoms with Gasteiger partial charge in [0.25, 0.3) is 0 Å². The van der Waals surface area contributed by atoms with Crippen LogP contribution in [-0.2, 0) is 0 Å². The van der Waals surface area contributed by atoms with E-state index in [0.29, 0.717) is 18.4 Å². The summed E-state index contributed by atoms with van der Waals surface area (Å²) < 4.78 is 13.0. The molecule has 0 radical (unpaired) electrons. The number of carbonyl (C=O) groups excluding carboxylic acids is 1. The number of benzene rings is 2. The van der Waals surface area contributed by atoms with Crippen LogP contribution in [0.3, 0.4) is 0 Å². The Balaban J connectivity index is 2.15. The lowest BCUT2D eigenvalue weighted by Crippen LogP contribution is -2.07. The average Bonchev–Trinajstić information content (AvgIpc) is 2.48. The maximum Gasteiger partial charge on any atom is 0.163 e. The normalized spacial score (nSPS) is 11.8. The van der Waals surface area contributed by atoms with Crippen molar-refractivity contribution in [2.75, 3.05) is 0 Å². The summed E-state index contributed by atoms with van der Waals surface area (Å²) in [6.45, 7) is 3.74. The molecule has 0 N–H and O–H groups in total. The zero-order valence-electron chi connectivity index (χ0n) is 11.3. The van der Waals surface area contributed by atoms with E-state index in [0.717, 1.165) is 5.56 Å². The predicted molar refractivity (Wildman–Crippen MR) is 79.3 cm³/mol. The fraction of sp³-hybridized carbons (Fsp3) is 0.167. The summed E-state index contributed by atoms with van der Waals surface area (Å²) in [6.07, 6.45) is 2.90. The topological polar surface area (TPSA) is 17.1 Å². The highest BCUT2D eigenvalue weighted by Crippen LogP contribution is 2.26. The van der Waals surface area contributed by atoms with E-state index in [1.807, 2.05) is 30.3 Å². The van der Waals surface area contributed by atoms with Crippen molar-refractivity contribution >= 4 is 5.78 Å². The van der Waals surface area contributed by atoms with E-state index in [1.54, 1.807) is 18.2 Å². The smallest absolute Gasteiger partial charge is 0.163 e. The standard InChI is InChI=1S/C18H17FO/c1-2-6-16(14-9-11-17(19)12-10-14)13-18(20)15-7-4-3-5-8-15/h2-5,7-12,16H,1,6,13H2. The maximum atomic E-state index is 13.0. The van der Waals surface area contributed by atoms with Crippen molar-refractivity contribution in [1.29, 1.82) is 0 Å². The first-order valence-electron chi connectivity index (χ1n) is 6.65. The SMILES string of the molecule is C=CCC(CC(=O)c1ccccc1)c1ccc(F)cc1. The van der Waals surface area contributed by atoms with E-state index in [2.05, 4.69) is 6.58 Å². The molecule has 0 aliphatic heterocycles. The molecule has 0 heterocycles. The molecule has 102 valence electrons. The van der Waals surface area contributed by atoms with E-state index in [1.165, 1.54) is 12.1 Å². The van der Waals surface area contributed by atoms with Crippen molar-refractivity contribution in [3.63, 3.8) is 0 Å². The molecule has 1 unspecified atom stereocenters. The monoisotopic (exact) mass is 268 g/mol. The number of allylic oxidation sites excluding steroid dienone is 1. The van der Waals surface area contributed by atoms with Crippen molar-refractivity contribution in [1.82, 2.24) is 0 Å². The molecule has 0 fully saturated rings. The molecule has 0 amide bonds. The molecular weight excluding hydrogens is 251 g/mol. The number of halogens is 1. The summed E-state index contributed by atoms with van der Waals surface area (Å²) in [4.78, 5) is 12.3. The number of Topliss-reactive ketones (excluding diaryl/α,β-unsaturated/α-hetero) is 1. The van der Waals surface area contributed by atoms with Crippen LogP contribution in [0.4, 0.5) is 4.39 Å². The minimum atomic E-state index is -0.263. The zero-order chi connectivity index (χ0) is 14.4. The van der Waals surface area contributed by atoms with Crippen LogP contribution in [-0.4, -0.2) is 5.78 Å². The van der Waals surface area contributed by atoms with Crippen LogP contribution in [0.5, 0.6) is 0 Å². The van der Waals surface area contributed by atoms with Gasteiger partial charge in [-0.1, -0.05) is 48.5 Å². The van der Waals surface area contributed by atoms with Crippen molar-refractivity contribution < 1.29 is 9.18 Å². The lowest BCUT2D eigenvalue weighted by Gasteiger charge is -2.15. The van der Waals surface area contributed by atoms with E-state index >= 15 is 0 Å². The Bertz CT molecular complexity index is 572. The molecule has 2 heteroatoms. The first kappa shape index (κ1) is 14.2. The molecule has 0 saturated carbocycles. The van der Waals surface area contributed by atoms with Gasteiger partial charge < -0.3 is 0 Å². The predicted octanol–water partition coefficient (Wildman–Crippen LogP) is 4.76. The fourth-order valence-electron chi connectivity index (χ4n) is 2.24. The summed E-state index contributed by atoms with van der Waals surface area (Å²) in [7, 11) is 0. The molecular formula is C18H17FO. The number of hydrogen-bond acceptors (Lipinski definition) is 1. The van der Waals surface area contributed by atoms with Gasteiger partial charge in [-0.2, -0.15) is 0 Å². The first-order chi connectivity index (χ1) is 9.70. The lowest BCUT2D eigenvalue weighted by molar-refractivity contribution is 0.0974. The summed E-state index contributed by atoms with van der Waals surface area (Å²) in [6, 6.07) is 15.6. The zero-order valence-corrected chi connectivity index (χ0v) is 11.3. The van der Waals surface area contributed by atoms with E-state index < -0.39 is 0 Å². The van der Waals surface area contributed by atoms with Crippen molar-refractivity contribution in [3.8, 4) is 0 Å². The Morgan fingerprint density at radius 2 is 1.75 bits per heavy atom. The van der Waals surface area contributed by atoms with Gasteiger partial charge in [-0.05, 0) is 30.0 Å². The van der Waals surface area contributed by atoms with Crippen molar-refractivity contribution in [2.45, 2.75) is 18.8 Å². The van der Waals surface area contributed by atoms with Crippen LogP contribution < -0.4 is 0 Å². The van der Waals surface area contributed by atoms with Crippen molar-refractivity contribution in [2.24, 2.45) is 0 Å². The van der Waals surface area contributed by atoms with E-state index in [4.69, 9.17) is 0 Å². The fourth-order valence-corrected chi connectivity index (χ4v) is 2.24. The van der Waals surface area contributed by atoms with Gasteiger partial charge in [-0.3, -0.25) is 4.79 Å². The molecule has 1 atom stereocenters. The van der Waals surface area contributed by atoms with Crippen LogP contribution >= 0.6 is 0 Å². The molecule has 0 spiro atoms. The average molecular weight is 268 g/mol. The molecule has 2 aromatic carbocycles.